The summed E-state index contributed by atoms with van der Waals surface area (Å²) in [6, 6.07) is 13.5. The summed E-state index contributed by atoms with van der Waals surface area (Å²) in [5.74, 6) is 1.67. The van der Waals surface area contributed by atoms with Crippen molar-refractivity contribution in [3.8, 4) is 17.1 Å². The lowest BCUT2D eigenvalue weighted by atomic mass is 10.1. The molecule has 6 nitrogen and oxygen atoms in total. The molecule has 27 heavy (non-hydrogen) atoms. The predicted octanol–water partition coefficient (Wildman–Crippen LogP) is 4.32. The van der Waals surface area contributed by atoms with Crippen molar-refractivity contribution in [1.82, 2.24) is 10.1 Å². The summed E-state index contributed by atoms with van der Waals surface area (Å²) in [4.78, 5) is 16.6. The largest absolute Gasteiger partial charge is 0.496 e. The van der Waals surface area contributed by atoms with Gasteiger partial charge < -0.3 is 14.6 Å². The summed E-state index contributed by atoms with van der Waals surface area (Å²) in [7, 11) is 1.61. The number of para-hydroxylation sites is 2. The van der Waals surface area contributed by atoms with Crippen LogP contribution in [0.3, 0.4) is 0 Å². The third-order valence-corrected chi connectivity index (χ3v) is 4.36. The average molecular weight is 365 g/mol. The van der Waals surface area contributed by atoms with Crippen LogP contribution in [-0.2, 0) is 11.2 Å². The first-order valence-corrected chi connectivity index (χ1v) is 8.90. The molecule has 1 amide bonds. The molecule has 3 rings (SSSR count). The third kappa shape index (κ3) is 4.53. The lowest BCUT2D eigenvalue weighted by molar-refractivity contribution is -0.116. The molecule has 2 aromatic carbocycles. The van der Waals surface area contributed by atoms with E-state index >= 15 is 0 Å². The summed E-state index contributed by atoms with van der Waals surface area (Å²) in [5.41, 5.74) is 3.78. The van der Waals surface area contributed by atoms with Crippen LogP contribution in [0.1, 0.15) is 29.9 Å². The zero-order valence-electron chi connectivity index (χ0n) is 15.8. The highest BCUT2D eigenvalue weighted by Gasteiger charge is 2.13. The predicted molar refractivity (Wildman–Crippen MR) is 104 cm³/mol. The Bertz CT molecular complexity index is 914. The van der Waals surface area contributed by atoms with Gasteiger partial charge in [-0.15, -0.1) is 0 Å². The summed E-state index contributed by atoms with van der Waals surface area (Å²) < 4.78 is 10.6. The van der Waals surface area contributed by atoms with Crippen molar-refractivity contribution in [1.29, 1.82) is 0 Å². The number of anilines is 1. The van der Waals surface area contributed by atoms with Crippen LogP contribution in [-0.4, -0.2) is 23.2 Å². The first-order chi connectivity index (χ1) is 13.1. The molecule has 0 aliphatic rings. The number of rotatable bonds is 7. The number of benzene rings is 2. The van der Waals surface area contributed by atoms with Gasteiger partial charge in [0.15, 0.2) is 0 Å². The second kappa shape index (κ2) is 8.49. The smallest absolute Gasteiger partial charge is 0.226 e. The number of nitrogens with one attached hydrogen (secondary N) is 1. The van der Waals surface area contributed by atoms with E-state index in [-0.39, 0.29) is 5.91 Å². The van der Waals surface area contributed by atoms with Crippen molar-refractivity contribution in [3.63, 3.8) is 0 Å². The molecule has 0 bridgehead atoms. The second-order valence-corrected chi connectivity index (χ2v) is 6.38. The fourth-order valence-electron chi connectivity index (χ4n) is 2.91. The fourth-order valence-corrected chi connectivity index (χ4v) is 2.91. The fraction of sp³-hybridized carbons (Fsp3) is 0.286. The lowest BCUT2D eigenvalue weighted by Gasteiger charge is -2.11. The Kier molecular flexibility index (Phi) is 5.86. The van der Waals surface area contributed by atoms with Gasteiger partial charge in [-0.3, -0.25) is 4.79 Å². The number of carbonyl (C=O) groups is 1. The quantitative estimate of drug-likeness (QED) is 0.674. The average Bonchev–Trinajstić information content (AvgIpc) is 3.13. The SMILES string of the molecule is COc1ccccc1-c1noc(CCCC(=O)Nc2c(C)cccc2C)n1. The maximum Gasteiger partial charge on any atom is 0.226 e. The monoisotopic (exact) mass is 365 g/mol. The van der Waals surface area contributed by atoms with Crippen LogP contribution in [0.2, 0.25) is 0 Å². The van der Waals surface area contributed by atoms with Crippen molar-refractivity contribution in [2.24, 2.45) is 0 Å². The number of amides is 1. The highest BCUT2D eigenvalue weighted by molar-refractivity contribution is 5.92. The number of ether oxygens (including phenoxy) is 1. The van der Waals surface area contributed by atoms with E-state index in [1.54, 1.807) is 7.11 Å². The van der Waals surface area contributed by atoms with Crippen molar-refractivity contribution < 1.29 is 14.1 Å². The van der Waals surface area contributed by atoms with Crippen molar-refractivity contribution in [3.05, 3.63) is 59.5 Å². The topological polar surface area (TPSA) is 77.2 Å². The lowest BCUT2D eigenvalue weighted by Crippen LogP contribution is -2.13. The van der Waals surface area contributed by atoms with E-state index in [1.807, 2.05) is 56.3 Å². The minimum atomic E-state index is -0.0168. The van der Waals surface area contributed by atoms with E-state index in [4.69, 9.17) is 9.26 Å². The first-order valence-electron chi connectivity index (χ1n) is 8.90. The van der Waals surface area contributed by atoms with Crippen LogP contribution in [0.4, 0.5) is 5.69 Å². The number of carbonyl (C=O) groups excluding carboxylic acids is 1. The molecule has 3 aromatic rings. The molecular formula is C21H23N3O3. The minimum absolute atomic E-state index is 0.0168. The van der Waals surface area contributed by atoms with Crippen LogP contribution in [0.25, 0.3) is 11.4 Å². The summed E-state index contributed by atoms with van der Waals surface area (Å²) in [5, 5.41) is 7.01. The zero-order chi connectivity index (χ0) is 19.2. The number of hydrogen-bond acceptors (Lipinski definition) is 5. The number of methoxy groups -OCH3 is 1. The second-order valence-electron chi connectivity index (χ2n) is 6.38. The van der Waals surface area contributed by atoms with Gasteiger partial charge in [0.25, 0.3) is 0 Å². The Morgan fingerprint density at radius 3 is 2.59 bits per heavy atom. The maximum absolute atomic E-state index is 12.2. The van der Waals surface area contributed by atoms with Crippen LogP contribution in [0.15, 0.2) is 47.0 Å². The third-order valence-electron chi connectivity index (χ3n) is 4.36. The zero-order valence-corrected chi connectivity index (χ0v) is 15.8. The molecular weight excluding hydrogens is 342 g/mol. The molecule has 6 heteroatoms. The van der Waals surface area contributed by atoms with Crippen LogP contribution >= 0.6 is 0 Å². The molecule has 0 radical (unpaired) electrons. The number of hydrogen-bond donors (Lipinski definition) is 1. The molecule has 0 spiro atoms. The van der Waals surface area contributed by atoms with Crippen LogP contribution in [0, 0.1) is 13.8 Å². The van der Waals surface area contributed by atoms with Gasteiger partial charge in [0, 0.05) is 18.5 Å². The molecule has 0 saturated carbocycles. The Balaban J connectivity index is 1.55. The maximum atomic E-state index is 12.2. The van der Waals surface area contributed by atoms with Gasteiger partial charge in [0.2, 0.25) is 17.6 Å². The van der Waals surface area contributed by atoms with Crippen molar-refractivity contribution >= 4 is 11.6 Å². The molecule has 1 N–H and O–H groups in total. The molecule has 1 aromatic heterocycles. The van der Waals surface area contributed by atoms with E-state index in [0.717, 1.165) is 22.4 Å². The van der Waals surface area contributed by atoms with Gasteiger partial charge in [-0.2, -0.15) is 4.98 Å². The van der Waals surface area contributed by atoms with E-state index in [1.165, 1.54) is 0 Å². The Hall–Kier alpha value is -3.15. The molecule has 0 atom stereocenters. The molecule has 0 aliphatic heterocycles. The number of aromatic nitrogens is 2. The summed E-state index contributed by atoms with van der Waals surface area (Å²) >= 11 is 0. The van der Waals surface area contributed by atoms with Gasteiger partial charge in [-0.1, -0.05) is 35.5 Å². The normalized spacial score (nSPS) is 10.6. The number of aryl methyl sites for hydroxylation is 3. The van der Waals surface area contributed by atoms with Crippen molar-refractivity contribution in [2.75, 3.05) is 12.4 Å². The highest BCUT2D eigenvalue weighted by atomic mass is 16.5. The van der Waals surface area contributed by atoms with Gasteiger partial charge in [0.05, 0.1) is 12.7 Å². The van der Waals surface area contributed by atoms with Crippen molar-refractivity contribution in [2.45, 2.75) is 33.1 Å². The van der Waals surface area contributed by atoms with Gasteiger partial charge in [-0.25, -0.2) is 0 Å². The minimum Gasteiger partial charge on any atom is -0.496 e. The molecule has 140 valence electrons. The van der Waals surface area contributed by atoms with Gasteiger partial charge >= 0.3 is 0 Å². The molecule has 0 fully saturated rings. The molecule has 0 saturated heterocycles. The van der Waals surface area contributed by atoms with E-state index in [0.29, 0.717) is 36.7 Å². The van der Waals surface area contributed by atoms with E-state index in [9.17, 15) is 4.79 Å². The number of nitrogens with zero attached hydrogens (tertiary/aromatic N) is 2. The summed E-state index contributed by atoms with van der Waals surface area (Å²) in [6.07, 6.45) is 1.56. The molecule has 0 aliphatic carbocycles. The summed E-state index contributed by atoms with van der Waals surface area (Å²) in [6.45, 7) is 3.97. The molecule has 1 heterocycles. The van der Waals surface area contributed by atoms with E-state index in [2.05, 4.69) is 15.5 Å². The first kappa shape index (κ1) is 18.6. The van der Waals surface area contributed by atoms with Crippen LogP contribution < -0.4 is 10.1 Å². The highest BCUT2D eigenvalue weighted by Crippen LogP contribution is 2.27. The van der Waals surface area contributed by atoms with E-state index < -0.39 is 0 Å². The van der Waals surface area contributed by atoms with Gasteiger partial charge in [0.1, 0.15) is 5.75 Å². The molecule has 0 unspecified atom stereocenters. The standard InChI is InChI=1S/C21H23N3O3/c1-14-8-6-9-15(2)20(14)22-18(25)12-7-13-19-23-21(24-27-19)16-10-4-5-11-17(16)26-3/h4-6,8-11H,7,12-13H2,1-3H3,(H,22,25). The van der Waals surface area contributed by atoms with Crippen LogP contribution in [0.5, 0.6) is 5.75 Å². The Labute approximate surface area is 158 Å². The Morgan fingerprint density at radius 1 is 1.11 bits per heavy atom. The Morgan fingerprint density at radius 2 is 1.85 bits per heavy atom. The van der Waals surface area contributed by atoms with Gasteiger partial charge in [-0.05, 0) is 43.5 Å².